The average Bonchev–Trinajstić information content (AvgIpc) is 2.62. The first kappa shape index (κ1) is 14.8. The zero-order chi connectivity index (χ0) is 15.3. The van der Waals surface area contributed by atoms with E-state index in [9.17, 15) is 0 Å². The molecular weight excluding hydrogens is 465 g/mol. The predicted molar refractivity (Wildman–Crippen MR) is 91.7 cm³/mol. The topological polar surface area (TPSA) is 13.6 Å². The first-order chi connectivity index (χ1) is 10.9. The summed E-state index contributed by atoms with van der Waals surface area (Å²) >= 11 is -3.89. The van der Waals surface area contributed by atoms with Crippen LogP contribution in [0.2, 0.25) is 0 Å². The van der Waals surface area contributed by atoms with Gasteiger partial charge in [-0.2, -0.15) is 0 Å². The van der Waals surface area contributed by atoms with Gasteiger partial charge < -0.3 is 0 Å². The molecule has 22 heavy (non-hydrogen) atoms. The predicted octanol–water partition coefficient (Wildman–Crippen LogP) is 2.50. The number of hydrogen-bond donors (Lipinski definition) is 0. The fraction of sp³-hybridized carbons (Fsp3) is 0. The fourth-order valence-corrected chi connectivity index (χ4v) is 16.1. The fourth-order valence-electron chi connectivity index (χ4n) is 2.75. The van der Waals surface area contributed by atoms with E-state index in [1.807, 2.05) is 54.6 Å². The SMILES string of the molecule is [C-]#[N+][O][Pb]([c]1ccccc1)([c]1ccccc1)[c]1ccccc1. The number of hydrogen-bond acceptors (Lipinski definition) is 1. The molecule has 106 valence electrons. The van der Waals surface area contributed by atoms with E-state index in [0.29, 0.717) is 0 Å². The zero-order valence-corrected chi connectivity index (χ0v) is 15.9. The molecule has 0 radical (unpaired) electrons. The zero-order valence-electron chi connectivity index (χ0n) is 12.0. The first-order valence-corrected chi connectivity index (χ1v) is 14.5. The second-order valence-corrected chi connectivity index (χ2v) is 17.7. The van der Waals surface area contributed by atoms with Gasteiger partial charge in [-0.25, -0.2) is 0 Å². The molecule has 0 aromatic heterocycles. The Kier molecular flexibility index (Phi) is 4.54. The van der Waals surface area contributed by atoms with Crippen LogP contribution in [0.15, 0.2) is 91.0 Å². The maximum absolute atomic E-state index is 7.36. The number of nitrogens with zero attached hydrogens (tertiary/aromatic N) is 1. The van der Waals surface area contributed by atoms with E-state index in [-0.39, 0.29) is 0 Å². The summed E-state index contributed by atoms with van der Waals surface area (Å²) in [6, 6.07) is 30.6. The number of benzene rings is 3. The van der Waals surface area contributed by atoms with Crippen LogP contribution in [-0.2, 0) is 2.79 Å². The van der Waals surface area contributed by atoms with Gasteiger partial charge in [0.2, 0.25) is 0 Å². The molecule has 3 aromatic rings. The molecule has 0 fully saturated rings. The van der Waals surface area contributed by atoms with Crippen molar-refractivity contribution >= 4 is 31.0 Å². The van der Waals surface area contributed by atoms with Crippen molar-refractivity contribution in [1.82, 2.24) is 0 Å². The van der Waals surface area contributed by atoms with Crippen LogP contribution in [0.1, 0.15) is 0 Å². The van der Waals surface area contributed by atoms with Crippen molar-refractivity contribution in [2.45, 2.75) is 0 Å². The first-order valence-electron chi connectivity index (χ1n) is 7.09. The van der Waals surface area contributed by atoms with Crippen LogP contribution in [-0.4, -0.2) is 21.6 Å². The van der Waals surface area contributed by atoms with Crippen molar-refractivity contribution in [3.63, 3.8) is 0 Å². The van der Waals surface area contributed by atoms with Crippen LogP contribution in [0.5, 0.6) is 0 Å². The Morgan fingerprint density at radius 3 is 1.18 bits per heavy atom. The molecule has 0 spiro atoms. The van der Waals surface area contributed by atoms with E-state index in [0.717, 1.165) is 9.37 Å². The van der Waals surface area contributed by atoms with E-state index < -0.39 is 21.6 Å². The summed E-state index contributed by atoms with van der Waals surface area (Å²) in [4.78, 5) is 0. The second kappa shape index (κ2) is 6.76. The van der Waals surface area contributed by atoms with E-state index in [1.54, 1.807) is 0 Å². The molecule has 0 amide bonds. The van der Waals surface area contributed by atoms with Crippen LogP contribution in [0.4, 0.5) is 0 Å². The van der Waals surface area contributed by atoms with Crippen molar-refractivity contribution in [3.05, 3.63) is 103 Å². The molecule has 3 heteroatoms. The summed E-state index contributed by atoms with van der Waals surface area (Å²) in [5, 5.41) is 3.39. The summed E-state index contributed by atoms with van der Waals surface area (Å²) in [5.41, 5.74) is 0. The Morgan fingerprint density at radius 2 is 0.909 bits per heavy atom. The van der Waals surface area contributed by atoms with Crippen molar-refractivity contribution < 1.29 is 2.79 Å². The van der Waals surface area contributed by atoms with Crippen molar-refractivity contribution in [1.29, 1.82) is 0 Å². The van der Waals surface area contributed by atoms with Gasteiger partial charge in [0.1, 0.15) is 0 Å². The molecule has 0 saturated heterocycles. The van der Waals surface area contributed by atoms with Crippen LogP contribution < -0.4 is 9.37 Å². The summed E-state index contributed by atoms with van der Waals surface area (Å²) in [6.45, 7) is 7.36. The average molecular weight is 481 g/mol. The normalized spacial score (nSPS) is 10.7. The van der Waals surface area contributed by atoms with Gasteiger partial charge in [0.25, 0.3) is 0 Å². The minimum absolute atomic E-state index is 1.16. The molecule has 3 aromatic carbocycles. The summed E-state index contributed by atoms with van der Waals surface area (Å²) in [6.07, 6.45) is 0. The standard InChI is InChI=1S/3C6H5.CNO.Pb/c3*1-2-4-6-5-3-1;1-2-3;/h3*1-5H;;/q;;;-1;+1. The van der Waals surface area contributed by atoms with E-state index in [1.165, 1.54) is 0 Å². The van der Waals surface area contributed by atoms with Crippen molar-refractivity contribution in [2.24, 2.45) is 0 Å². The van der Waals surface area contributed by atoms with Gasteiger partial charge in [-0.05, 0) is 0 Å². The molecule has 0 bridgehead atoms. The Balaban J connectivity index is 2.32. The molecule has 0 heterocycles. The van der Waals surface area contributed by atoms with Gasteiger partial charge >= 0.3 is 136 Å². The van der Waals surface area contributed by atoms with Gasteiger partial charge in [0.05, 0.1) is 0 Å². The third-order valence-corrected chi connectivity index (χ3v) is 18.5. The van der Waals surface area contributed by atoms with Gasteiger partial charge in [-0.3, -0.25) is 0 Å². The molecule has 0 aliphatic heterocycles. The Bertz CT molecular complexity index is 670. The van der Waals surface area contributed by atoms with Crippen molar-refractivity contribution in [2.75, 3.05) is 0 Å². The molecule has 0 atom stereocenters. The molecule has 0 aliphatic carbocycles. The van der Waals surface area contributed by atoms with Crippen LogP contribution >= 0.6 is 0 Å². The number of rotatable bonds is 4. The van der Waals surface area contributed by atoms with Crippen molar-refractivity contribution in [3.8, 4) is 0 Å². The van der Waals surface area contributed by atoms with Gasteiger partial charge in [0.15, 0.2) is 0 Å². The van der Waals surface area contributed by atoms with Crippen LogP contribution in [0, 0.1) is 6.57 Å². The van der Waals surface area contributed by atoms with Gasteiger partial charge in [-0.1, -0.05) is 0 Å². The molecule has 0 unspecified atom stereocenters. The third-order valence-electron chi connectivity index (χ3n) is 3.72. The molecular formula is C19H15NOPb. The molecule has 0 aliphatic rings. The van der Waals surface area contributed by atoms with Crippen LogP contribution in [0.25, 0.3) is 5.01 Å². The van der Waals surface area contributed by atoms with Gasteiger partial charge in [0, 0.05) is 0 Å². The van der Waals surface area contributed by atoms with Crippen LogP contribution in [0.3, 0.4) is 0 Å². The second-order valence-electron chi connectivity index (χ2n) is 4.96. The summed E-state index contributed by atoms with van der Waals surface area (Å²) < 4.78 is 9.37. The van der Waals surface area contributed by atoms with E-state index >= 15 is 0 Å². The maximum atomic E-state index is 7.36. The molecule has 0 N–H and O–H groups in total. The quantitative estimate of drug-likeness (QED) is 0.318. The molecule has 2 nitrogen and oxygen atoms in total. The van der Waals surface area contributed by atoms with E-state index in [4.69, 9.17) is 9.36 Å². The molecule has 0 saturated carbocycles. The van der Waals surface area contributed by atoms with E-state index in [2.05, 4.69) is 41.4 Å². The monoisotopic (exact) mass is 481 g/mol. The van der Waals surface area contributed by atoms with Gasteiger partial charge in [-0.15, -0.1) is 0 Å². The Morgan fingerprint density at radius 1 is 0.591 bits per heavy atom. The summed E-state index contributed by atoms with van der Waals surface area (Å²) in [7, 11) is 0. The minimum atomic E-state index is -3.89. The molecule has 3 rings (SSSR count). The third kappa shape index (κ3) is 2.64. The Hall–Kier alpha value is -2.13. The summed E-state index contributed by atoms with van der Waals surface area (Å²) in [5.74, 6) is 0. The Labute approximate surface area is 136 Å².